The molecule has 0 N–H and O–H groups in total. The molecule has 1 aliphatic heterocycles. The Morgan fingerprint density at radius 2 is 1.90 bits per heavy atom. The van der Waals surface area contributed by atoms with Crippen LogP contribution < -0.4 is 0 Å². The fourth-order valence-corrected chi connectivity index (χ4v) is 2.82. The van der Waals surface area contributed by atoms with Crippen molar-refractivity contribution in [1.29, 1.82) is 0 Å². The van der Waals surface area contributed by atoms with Gasteiger partial charge in [0.1, 0.15) is 17.4 Å². The van der Waals surface area contributed by atoms with Gasteiger partial charge in [0.2, 0.25) is 0 Å². The van der Waals surface area contributed by atoms with E-state index >= 15 is 0 Å². The minimum atomic E-state index is 0.0338. The molecule has 0 unspecified atom stereocenters. The van der Waals surface area contributed by atoms with Crippen molar-refractivity contribution < 1.29 is 4.42 Å². The summed E-state index contributed by atoms with van der Waals surface area (Å²) in [5.41, 5.74) is 1.02. The van der Waals surface area contributed by atoms with Gasteiger partial charge in [0.15, 0.2) is 5.89 Å². The van der Waals surface area contributed by atoms with Crippen molar-refractivity contribution in [3.05, 3.63) is 29.0 Å². The Hall–Kier alpha value is -1.69. The lowest BCUT2D eigenvalue weighted by Crippen LogP contribution is -2.35. The summed E-state index contributed by atoms with van der Waals surface area (Å²) in [6.45, 7) is 13.9. The molecule has 3 rings (SSSR count). The van der Waals surface area contributed by atoms with E-state index in [2.05, 4.69) is 45.4 Å². The number of oxazole rings is 1. The molecule has 2 aromatic rings. The summed E-state index contributed by atoms with van der Waals surface area (Å²) in [6.07, 6.45) is 0. The van der Waals surface area contributed by atoms with Crippen molar-refractivity contribution in [3.63, 3.8) is 0 Å². The third-order valence-corrected chi connectivity index (χ3v) is 3.87. The van der Waals surface area contributed by atoms with Crippen LogP contribution in [0.3, 0.4) is 0 Å². The van der Waals surface area contributed by atoms with Crippen LogP contribution in [0.25, 0.3) is 0 Å². The molecule has 0 fully saturated rings. The molecule has 0 atom stereocenters. The molecule has 0 amide bonds. The highest BCUT2D eigenvalue weighted by Crippen LogP contribution is 2.24. The van der Waals surface area contributed by atoms with E-state index in [1.54, 1.807) is 0 Å². The molecular formula is C15H23N5O. The van der Waals surface area contributed by atoms with Gasteiger partial charge >= 0.3 is 0 Å². The van der Waals surface area contributed by atoms with Gasteiger partial charge in [0.05, 0.1) is 18.8 Å². The Balaban J connectivity index is 1.76. The smallest absolute Gasteiger partial charge is 0.191 e. The van der Waals surface area contributed by atoms with E-state index < -0.39 is 0 Å². The molecule has 0 aromatic carbocycles. The first kappa shape index (κ1) is 14.3. The Bertz CT molecular complexity index is 650. The summed E-state index contributed by atoms with van der Waals surface area (Å²) in [7, 11) is 0. The summed E-state index contributed by atoms with van der Waals surface area (Å²) >= 11 is 0. The molecule has 0 spiro atoms. The fraction of sp³-hybridized carbons (Fsp3) is 0.667. The molecular weight excluding hydrogens is 266 g/mol. The van der Waals surface area contributed by atoms with E-state index in [0.717, 1.165) is 55.2 Å². The first-order valence-electron chi connectivity index (χ1n) is 7.42. The van der Waals surface area contributed by atoms with Crippen LogP contribution in [0.1, 0.15) is 49.8 Å². The van der Waals surface area contributed by atoms with Gasteiger partial charge in [-0.15, -0.1) is 10.2 Å². The largest absolute Gasteiger partial charge is 0.444 e. The fourth-order valence-electron chi connectivity index (χ4n) is 2.82. The van der Waals surface area contributed by atoms with Crippen molar-refractivity contribution >= 4 is 0 Å². The zero-order chi connectivity index (χ0) is 15.2. The van der Waals surface area contributed by atoms with Gasteiger partial charge in [-0.1, -0.05) is 20.8 Å². The first-order valence-corrected chi connectivity index (χ1v) is 7.42. The Labute approximate surface area is 125 Å². The van der Waals surface area contributed by atoms with E-state index in [0.29, 0.717) is 0 Å². The number of nitrogens with zero attached hydrogens (tertiary/aromatic N) is 5. The molecule has 0 radical (unpaired) electrons. The minimum absolute atomic E-state index is 0.0338. The third-order valence-electron chi connectivity index (χ3n) is 3.87. The maximum atomic E-state index is 5.67. The second-order valence-electron chi connectivity index (χ2n) is 6.79. The molecule has 0 saturated carbocycles. The highest BCUT2D eigenvalue weighted by molar-refractivity contribution is 5.10. The van der Waals surface area contributed by atoms with E-state index in [1.807, 2.05) is 13.8 Å². The van der Waals surface area contributed by atoms with Crippen LogP contribution in [-0.2, 0) is 25.0 Å². The predicted octanol–water partition coefficient (Wildman–Crippen LogP) is 2.20. The SMILES string of the molecule is Cc1nc(C)c(CN2CCn3c(nnc3C(C)(C)C)C2)o1. The summed E-state index contributed by atoms with van der Waals surface area (Å²) in [5, 5.41) is 8.75. The van der Waals surface area contributed by atoms with Gasteiger partial charge in [-0.05, 0) is 6.92 Å². The quantitative estimate of drug-likeness (QED) is 0.848. The van der Waals surface area contributed by atoms with Crippen molar-refractivity contribution in [1.82, 2.24) is 24.6 Å². The van der Waals surface area contributed by atoms with Crippen molar-refractivity contribution in [2.24, 2.45) is 0 Å². The number of aryl methyl sites for hydroxylation is 2. The van der Waals surface area contributed by atoms with Gasteiger partial charge in [-0.2, -0.15) is 0 Å². The zero-order valence-electron chi connectivity index (χ0n) is 13.5. The van der Waals surface area contributed by atoms with Crippen LogP contribution in [0, 0.1) is 13.8 Å². The lowest BCUT2D eigenvalue weighted by molar-refractivity contribution is 0.189. The average molecular weight is 289 g/mol. The summed E-state index contributed by atoms with van der Waals surface area (Å²) in [4.78, 5) is 6.67. The summed E-state index contributed by atoms with van der Waals surface area (Å²) in [5.74, 6) is 3.80. The van der Waals surface area contributed by atoms with Crippen LogP contribution in [-0.4, -0.2) is 31.2 Å². The van der Waals surface area contributed by atoms with Crippen molar-refractivity contribution in [3.8, 4) is 0 Å². The Kier molecular flexibility index (Phi) is 3.36. The molecule has 3 heterocycles. The van der Waals surface area contributed by atoms with Crippen LogP contribution in [0.4, 0.5) is 0 Å². The summed E-state index contributed by atoms with van der Waals surface area (Å²) in [6, 6.07) is 0. The summed E-state index contributed by atoms with van der Waals surface area (Å²) < 4.78 is 7.93. The number of aromatic nitrogens is 4. The number of hydrogen-bond acceptors (Lipinski definition) is 5. The van der Waals surface area contributed by atoms with E-state index in [-0.39, 0.29) is 5.41 Å². The van der Waals surface area contributed by atoms with Crippen LogP contribution >= 0.6 is 0 Å². The highest BCUT2D eigenvalue weighted by Gasteiger charge is 2.28. The lowest BCUT2D eigenvalue weighted by Gasteiger charge is -2.29. The van der Waals surface area contributed by atoms with Crippen molar-refractivity contribution in [2.45, 2.75) is 59.7 Å². The molecule has 2 aromatic heterocycles. The van der Waals surface area contributed by atoms with Crippen LogP contribution in [0.5, 0.6) is 0 Å². The van der Waals surface area contributed by atoms with Gasteiger partial charge in [-0.25, -0.2) is 4.98 Å². The van der Waals surface area contributed by atoms with E-state index in [4.69, 9.17) is 4.42 Å². The van der Waals surface area contributed by atoms with Gasteiger partial charge in [0.25, 0.3) is 0 Å². The molecule has 1 aliphatic rings. The molecule has 0 saturated heterocycles. The Morgan fingerprint density at radius 3 is 2.52 bits per heavy atom. The number of hydrogen-bond donors (Lipinski definition) is 0. The second kappa shape index (κ2) is 4.94. The molecule has 0 aliphatic carbocycles. The van der Waals surface area contributed by atoms with Crippen LogP contribution in [0.2, 0.25) is 0 Å². The second-order valence-corrected chi connectivity index (χ2v) is 6.79. The van der Waals surface area contributed by atoms with Gasteiger partial charge in [0, 0.05) is 25.4 Å². The average Bonchev–Trinajstić information content (AvgIpc) is 2.92. The molecule has 21 heavy (non-hydrogen) atoms. The highest BCUT2D eigenvalue weighted by atomic mass is 16.4. The number of fused-ring (bicyclic) bond motifs is 1. The maximum Gasteiger partial charge on any atom is 0.191 e. The minimum Gasteiger partial charge on any atom is -0.444 e. The lowest BCUT2D eigenvalue weighted by atomic mass is 9.95. The maximum absolute atomic E-state index is 5.67. The third kappa shape index (κ3) is 2.72. The molecule has 0 bridgehead atoms. The topological polar surface area (TPSA) is 60.0 Å². The molecule has 6 heteroatoms. The normalized spacial score (nSPS) is 16.2. The standard InChI is InChI=1S/C15H23N5O/c1-10-12(21-11(2)16-10)8-19-6-7-20-13(9-19)17-18-14(20)15(3,4)5/h6-9H2,1-5H3. The van der Waals surface area contributed by atoms with E-state index in [1.165, 1.54) is 0 Å². The molecule has 6 nitrogen and oxygen atoms in total. The van der Waals surface area contributed by atoms with Crippen LogP contribution in [0.15, 0.2) is 4.42 Å². The van der Waals surface area contributed by atoms with E-state index in [9.17, 15) is 0 Å². The van der Waals surface area contributed by atoms with Gasteiger partial charge in [-0.3, -0.25) is 4.90 Å². The zero-order valence-corrected chi connectivity index (χ0v) is 13.5. The monoisotopic (exact) mass is 289 g/mol. The number of rotatable bonds is 2. The molecule has 114 valence electrons. The Morgan fingerprint density at radius 1 is 1.14 bits per heavy atom. The van der Waals surface area contributed by atoms with Crippen molar-refractivity contribution in [2.75, 3.05) is 6.54 Å². The predicted molar refractivity (Wildman–Crippen MR) is 78.8 cm³/mol. The first-order chi connectivity index (χ1) is 9.84. The van der Waals surface area contributed by atoms with Gasteiger partial charge < -0.3 is 8.98 Å².